The average molecular weight is 159 g/mol. The van der Waals surface area contributed by atoms with Gasteiger partial charge < -0.3 is 15.2 Å². The summed E-state index contributed by atoms with van der Waals surface area (Å²) < 4.78 is 0. The van der Waals surface area contributed by atoms with Crippen LogP contribution in [0.4, 0.5) is 0 Å². The molecule has 3 nitrogen and oxygen atoms in total. The van der Waals surface area contributed by atoms with E-state index in [1.165, 1.54) is 0 Å². The molecule has 3 heteroatoms. The van der Waals surface area contributed by atoms with Crippen LogP contribution in [0.25, 0.3) is 0 Å². The van der Waals surface area contributed by atoms with Crippen LogP contribution >= 0.6 is 0 Å². The van der Waals surface area contributed by atoms with Crippen LogP contribution in [-0.4, -0.2) is 30.6 Å². The first-order chi connectivity index (χ1) is 5.11. The molecule has 0 bridgehead atoms. The molecule has 2 atom stereocenters. The van der Waals surface area contributed by atoms with Crippen molar-refractivity contribution >= 4 is 5.78 Å². The highest BCUT2D eigenvalue weighted by Gasteiger charge is 2.15. The largest absolute Gasteiger partial charge is 0.395 e. The molecule has 0 rings (SSSR count). The van der Waals surface area contributed by atoms with Crippen LogP contribution in [0.3, 0.4) is 0 Å². The Morgan fingerprint density at radius 2 is 2.18 bits per heavy atom. The fraction of sp³-hybridized carbons (Fsp3) is 0.875. The van der Waals surface area contributed by atoms with E-state index in [9.17, 15) is 4.79 Å². The molecule has 2 unspecified atom stereocenters. The Kier molecular flexibility index (Phi) is 5.07. The predicted molar refractivity (Wildman–Crippen MR) is 44.4 cm³/mol. The number of aliphatic hydroxyl groups is 1. The monoisotopic (exact) mass is 159 g/mol. The topological polar surface area (TPSA) is 49.3 Å². The van der Waals surface area contributed by atoms with Gasteiger partial charge in [-0.2, -0.15) is 0 Å². The SMILES string of the molecule is CNC(CO)C(C)CC(C)=O. The Labute approximate surface area is 67.8 Å². The summed E-state index contributed by atoms with van der Waals surface area (Å²) in [6.07, 6.45) is 0.534. The Morgan fingerprint density at radius 1 is 1.64 bits per heavy atom. The molecule has 0 heterocycles. The van der Waals surface area contributed by atoms with Gasteiger partial charge in [0.05, 0.1) is 6.61 Å². The van der Waals surface area contributed by atoms with Crippen molar-refractivity contribution in [1.29, 1.82) is 0 Å². The van der Waals surface area contributed by atoms with Crippen molar-refractivity contribution in [2.45, 2.75) is 26.3 Å². The van der Waals surface area contributed by atoms with E-state index in [2.05, 4.69) is 5.32 Å². The summed E-state index contributed by atoms with van der Waals surface area (Å²) in [5.74, 6) is 0.383. The number of likely N-dealkylation sites (N-methyl/N-ethyl adjacent to an activating group) is 1. The van der Waals surface area contributed by atoms with Crippen LogP contribution < -0.4 is 5.32 Å². The third-order valence-corrected chi connectivity index (χ3v) is 1.86. The Morgan fingerprint density at radius 3 is 2.45 bits per heavy atom. The molecule has 0 radical (unpaired) electrons. The van der Waals surface area contributed by atoms with Crippen molar-refractivity contribution < 1.29 is 9.90 Å². The minimum absolute atomic E-state index is 0.0406. The van der Waals surface area contributed by atoms with Gasteiger partial charge in [-0.3, -0.25) is 0 Å². The number of aliphatic hydroxyl groups excluding tert-OH is 1. The molecule has 0 aliphatic rings. The maximum absolute atomic E-state index is 10.7. The molecule has 66 valence electrons. The molecule has 0 aliphatic heterocycles. The lowest BCUT2D eigenvalue weighted by molar-refractivity contribution is -0.118. The van der Waals surface area contributed by atoms with Crippen molar-refractivity contribution in [2.24, 2.45) is 5.92 Å². The zero-order valence-corrected chi connectivity index (χ0v) is 7.42. The number of carbonyl (C=O) groups is 1. The molecule has 0 saturated carbocycles. The molecule has 0 spiro atoms. The van der Waals surface area contributed by atoms with Gasteiger partial charge in [0.25, 0.3) is 0 Å². The normalized spacial score (nSPS) is 16.0. The smallest absolute Gasteiger partial charge is 0.130 e. The van der Waals surface area contributed by atoms with E-state index < -0.39 is 0 Å². The summed E-state index contributed by atoms with van der Waals surface area (Å²) >= 11 is 0. The molecule has 0 aliphatic carbocycles. The van der Waals surface area contributed by atoms with Crippen molar-refractivity contribution in [3.63, 3.8) is 0 Å². The fourth-order valence-corrected chi connectivity index (χ4v) is 1.15. The fourth-order valence-electron chi connectivity index (χ4n) is 1.15. The highest BCUT2D eigenvalue weighted by molar-refractivity contribution is 5.75. The zero-order valence-electron chi connectivity index (χ0n) is 7.42. The van der Waals surface area contributed by atoms with Crippen LogP contribution in [0, 0.1) is 5.92 Å². The molecule has 2 N–H and O–H groups in total. The number of nitrogens with one attached hydrogen (secondary N) is 1. The lowest BCUT2D eigenvalue weighted by Crippen LogP contribution is -2.36. The van der Waals surface area contributed by atoms with Crippen LogP contribution in [0.2, 0.25) is 0 Å². The molecular formula is C8H17NO2. The second kappa shape index (κ2) is 5.27. The maximum atomic E-state index is 10.7. The van der Waals surface area contributed by atoms with Crippen molar-refractivity contribution in [2.75, 3.05) is 13.7 Å². The van der Waals surface area contributed by atoms with Gasteiger partial charge >= 0.3 is 0 Å². The van der Waals surface area contributed by atoms with Crippen molar-refractivity contribution in [3.05, 3.63) is 0 Å². The third kappa shape index (κ3) is 4.11. The first kappa shape index (κ1) is 10.6. The molecule has 11 heavy (non-hydrogen) atoms. The highest BCUT2D eigenvalue weighted by Crippen LogP contribution is 2.07. The number of hydrogen-bond acceptors (Lipinski definition) is 3. The Hall–Kier alpha value is -0.410. The van der Waals surface area contributed by atoms with E-state index in [-0.39, 0.29) is 24.3 Å². The van der Waals surface area contributed by atoms with Gasteiger partial charge in [0.2, 0.25) is 0 Å². The molecule has 0 aromatic rings. The van der Waals surface area contributed by atoms with Crippen LogP contribution in [0.15, 0.2) is 0 Å². The number of ketones is 1. The Balaban J connectivity index is 3.78. The van der Waals surface area contributed by atoms with Gasteiger partial charge in [0, 0.05) is 12.5 Å². The third-order valence-electron chi connectivity index (χ3n) is 1.86. The number of carbonyl (C=O) groups excluding carboxylic acids is 1. The minimum Gasteiger partial charge on any atom is -0.395 e. The summed E-state index contributed by atoms with van der Waals surface area (Å²) in [5, 5.41) is 11.8. The average Bonchev–Trinajstić information content (AvgIpc) is 1.88. The summed E-state index contributed by atoms with van der Waals surface area (Å²) in [6, 6.07) is 0.0406. The van der Waals surface area contributed by atoms with Gasteiger partial charge in [-0.25, -0.2) is 0 Å². The Bertz CT molecular complexity index is 121. The van der Waals surface area contributed by atoms with Gasteiger partial charge in [-0.05, 0) is 19.9 Å². The zero-order chi connectivity index (χ0) is 8.85. The van der Waals surface area contributed by atoms with E-state index in [4.69, 9.17) is 5.11 Å². The lowest BCUT2D eigenvalue weighted by atomic mass is 9.97. The molecule has 0 aromatic heterocycles. The second-order valence-electron chi connectivity index (χ2n) is 2.96. The summed E-state index contributed by atoms with van der Waals surface area (Å²) in [4.78, 5) is 10.7. The first-order valence-electron chi connectivity index (χ1n) is 3.89. The van der Waals surface area contributed by atoms with Crippen LogP contribution in [-0.2, 0) is 4.79 Å². The number of Topliss-reactive ketones (excluding diaryl/α,β-unsaturated/α-hetero) is 1. The summed E-state index contributed by atoms with van der Waals surface area (Å²) in [7, 11) is 1.79. The molecule has 0 saturated heterocycles. The van der Waals surface area contributed by atoms with Gasteiger partial charge in [-0.15, -0.1) is 0 Å². The minimum atomic E-state index is 0.0406. The quantitative estimate of drug-likeness (QED) is 0.601. The van der Waals surface area contributed by atoms with Crippen LogP contribution in [0.1, 0.15) is 20.3 Å². The summed E-state index contributed by atoms with van der Waals surface area (Å²) in [5.41, 5.74) is 0. The van der Waals surface area contributed by atoms with E-state index in [0.717, 1.165) is 0 Å². The van der Waals surface area contributed by atoms with E-state index >= 15 is 0 Å². The molecular weight excluding hydrogens is 142 g/mol. The van der Waals surface area contributed by atoms with E-state index in [1.807, 2.05) is 6.92 Å². The molecule has 0 fully saturated rings. The lowest BCUT2D eigenvalue weighted by Gasteiger charge is -2.19. The number of rotatable bonds is 5. The van der Waals surface area contributed by atoms with Crippen molar-refractivity contribution in [1.82, 2.24) is 5.32 Å². The predicted octanol–water partition coefficient (Wildman–Crippen LogP) is 0.182. The van der Waals surface area contributed by atoms with Gasteiger partial charge in [-0.1, -0.05) is 6.92 Å². The first-order valence-corrected chi connectivity index (χ1v) is 3.89. The number of hydrogen-bond donors (Lipinski definition) is 2. The maximum Gasteiger partial charge on any atom is 0.130 e. The summed E-state index contributed by atoms with van der Waals surface area (Å²) in [6.45, 7) is 3.62. The highest BCUT2D eigenvalue weighted by atomic mass is 16.3. The standard InChI is InChI=1S/C8H17NO2/c1-6(4-7(2)11)8(5-10)9-3/h6,8-10H,4-5H2,1-3H3. The van der Waals surface area contributed by atoms with Crippen LogP contribution in [0.5, 0.6) is 0 Å². The van der Waals surface area contributed by atoms with E-state index in [1.54, 1.807) is 14.0 Å². The van der Waals surface area contributed by atoms with Gasteiger partial charge in [0.15, 0.2) is 0 Å². The van der Waals surface area contributed by atoms with E-state index in [0.29, 0.717) is 6.42 Å². The molecule has 0 amide bonds. The van der Waals surface area contributed by atoms with Gasteiger partial charge in [0.1, 0.15) is 5.78 Å². The second-order valence-corrected chi connectivity index (χ2v) is 2.96. The van der Waals surface area contributed by atoms with Crippen molar-refractivity contribution in [3.8, 4) is 0 Å². The molecule has 0 aromatic carbocycles.